The van der Waals surface area contributed by atoms with E-state index in [0.29, 0.717) is 63.0 Å². The summed E-state index contributed by atoms with van der Waals surface area (Å²) in [7, 11) is 0. The first-order chi connectivity index (χ1) is 19.0. The molecule has 0 unspecified atom stereocenters. The minimum Gasteiger partial charge on any atom is -0.348 e. The van der Waals surface area contributed by atoms with Crippen LogP contribution in [0, 0.1) is 11.7 Å². The van der Waals surface area contributed by atoms with Gasteiger partial charge in [-0.2, -0.15) is 0 Å². The van der Waals surface area contributed by atoms with Crippen molar-refractivity contribution in [1.82, 2.24) is 29.1 Å². The number of nitrogens with one attached hydrogen (secondary N) is 1. The van der Waals surface area contributed by atoms with Gasteiger partial charge in [-0.3, -0.25) is 9.20 Å². The molecule has 10 heteroatoms. The molecule has 39 heavy (non-hydrogen) atoms. The number of nitrogens with zero attached hydrogens (tertiary/aromatic N) is 5. The van der Waals surface area contributed by atoms with Gasteiger partial charge in [0.05, 0.1) is 23.0 Å². The van der Waals surface area contributed by atoms with Gasteiger partial charge in [0, 0.05) is 62.6 Å². The molecule has 1 aromatic carbocycles. The van der Waals surface area contributed by atoms with Crippen molar-refractivity contribution in [3.63, 3.8) is 0 Å². The first-order valence-corrected chi connectivity index (χ1v) is 13.5. The summed E-state index contributed by atoms with van der Waals surface area (Å²) in [5, 5.41) is 3.71. The number of urea groups is 1. The molecule has 0 spiro atoms. The van der Waals surface area contributed by atoms with E-state index in [1.54, 1.807) is 12.3 Å². The molecular formula is C29H30FN7O2. The molecule has 3 aliphatic rings. The van der Waals surface area contributed by atoms with Crippen LogP contribution in [-0.4, -0.2) is 68.4 Å². The highest BCUT2D eigenvalue weighted by molar-refractivity contribution is 6.31. The van der Waals surface area contributed by atoms with Gasteiger partial charge in [0.2, 0.25) is 0 Å². The molecule has 1 saturated heterocycles. The Hall–Kier alpha value is -4.18. The van der Waals surface area contributed by atoms with Crippen LogP contribution in [0.1, 0.15) is 29.7 Å². The molecule has 6 heterocycles. The third kappa shape index (κ3) is 3.89. The van der Waals surface area contributed by atoms with E-state index in [9.17, 15) is 9.59 Å². The highest BCUT2D eigenvalue weighted by Gasteiger charge is 2.32. The summed E-state index contributed by atoms with van der Waals surface area (Å²) in [6.45, 7) is 3.85. The SMILES string of the molecule is NCC1CCN(C(=O)N2CCn3cc(C4=C(c5cnc6ccccn56)C(=O)NC4)c4cc(F)cc(c43)C2)CC1. The Morgan fingerprint density at radius 2 is 1.97 bits per heavy atom. The van der Waals surface area contributed by atoms with E-state index < -0.39 is 0 Å². The number of carbonyl (C=O) groups excluding carboxylic acids is 2. The Bertz CT molecular complexity index is 1660. The summed E-state index contributed by atoms with van der Waals surface area (Å²) in [5.74, 6) is -0.0591. The van der Waals surface area contributed by atoms with Gasteiger partial charge in [-0.1, -0.05) is 6.07 Å². The van der Waals surface area contributed by atoms with Crippen molar-refractivity contribution in [2.75, 3.05) is 32.7 Å². The predicted octanol–water partition coefficient (Wildman–Crippen LogP) is 3.08. The van der Waals surface area contributed by atoms with Crippen molar-refractivity contribution < 1.29 is 14.0 Å². The van der Waals surface area contributed by atoms with Crippen molar-refractivity contribution >= 4 is 39.6 Å². The van der Waals surface area contributed by atoms with Gasteiger partial charge in [0.1, 0.15) is 11.5 Å². The van der Waals surface area contributed by atoms with Crippen LogP contribution < -0.4 is 11.1 Å². The quantitative estimate of drug-likeness (QED) is 0.428. The third-order valence-corrected chi connectivity index (χ3v) is 8.43. The number of carbonyl (C=O) groups is 2. The number of piperidine rings is 1. The largest absolute Gasteiger partial charge is 0.348 e. The van der Waals surface area contributed by atoms with Gasteiger partial charge in [-0.15, -0.1) is 0 Å². The standard InChI is InChI=1S/C29H30FN7O2/c30-20-11-19-16-36(29(39)34-7-4-18(13-31)5-8-34)10-9-35-17-23(21(12-20)27(19)35)22-14-33-28(38)26(22)24-15-32-25-3-1-2-6-37(24)25/h1-3,6,11-12,15,17-18H,4-5,7-10,13-14,16,31H2,(H,33,38). The fourth-order valence-corrected chi connectivity index (χ4v) is 6.36. The summed E-state index contributed by atoms with van der Waals surface area (Å²) in [5.41, 5.74) is 11.2. The van der Waals surface area contributed by atoms with E-state index >= 15 is 4.39 Å². The maximum absolute atomic E-state index is 15.1. The number of halogens is 1. The minimum atomic E-state index is -0.358. The Labute approximate surface area is 224 Å². The van der Waals surface area contributed by atoms with Crippen LogP contribution in [0.2, 0.25) is 0 Å². The van der Waals surface area contributed by atoms with Crippen LogP contribution in [0.3, 0.4) is 0 Å². The molecule has 9 nitrogen and oxygen atoms in total. The highest BCUT2D eigenvalue weighted by Crippen LogP contribution is 2.38. The molecule has 0 aliphatic carbocycles. The second kappa shape index (κ2) is 9.23. The van der Waals surface area contributed by atoms with Gasteiger partial charge in [-0.05, 0) is 60.7 Å². The van der Waals surface area contributed by atoms with Crippen molar-refractivity contribution in [3.8, 4) is 0 Å². The Balaban J connectivity index is 1.28. The van der Waals surface area contributed by atoms with Gasteiger partial charge in [0.15, 0.2) is 0 Å². The smallest absolute Gasteiger partial charge is 0.320 e. The van der Waals surface area contributed by atoms with Crippen LogP contribution in [0.5, 0.6) is 0 Å². The fraction of sp³-hybridized carbons (Fsp3) is 0.345. The lowest BCUT2D eigenvalue weighted by atomic mass is 9.97. The van der Waals surface area contributed by atoms with Crippen molar-refractivity contribution in [3.05, 3.63) is 71.6 Å². The van der Waals surface area contributed by atoms with E-state index in [2.05, 4.69) is 14.9 Å². The molecule has 3 N–H and O–H groups in total. The van der Waals surface area contributed by atoms with Crippen LogP contribution in [0.15, 0.2) is 48.9 Å². The van der Waals surface area contributed by atoms with Gasteiger partial charge >= 0.3 is 6.03 Å². The zero-order valence-corrected chi connectivity index (χ0v) is 21.6. The molecule has 0 radical (unpaired) electrons. The van der Waals surface area contributed by atoms with Crippen LogP contribution in [0.4, 0.5) is 9.18 Å². The number of nitrogens with two attached hydrogens (primary N) is 1. The summed E-state index contributed by atoms with van der Waals surface area (Å²) >= 11 is 0. The summed E-state index contributed by atoms with van der Waals surface area (Å²) in [6.07, 6.45) is 7.44. The van der Waals surface area contributed by atoms with Crippen LogP contribution in [0.25, 0.3) is 27.7 Å². The zero-order valence-electron chi connectivity index (χ0n) is 21.6. The Kier molecular flexibility index (Phi) is 5.66. The molecule has 3 aromatic heterocycles. The van der Waals surface area contributed by atoms with Gasteiger partial charge in [0.25, 0.3) is 5.91 Å². The Morgan fingerprint density at radius 1 is 1.13 bits per heavy atom. The number of pyridine rings is 1. The van der Waals surface area contributed by atoms with Crippen molar-refractivity contribution in [2.45, 2.75) is 25.9 Å². The predicted molar refractivity (Wildman–Crippen MR) is 146 cm³/mol. The molecular weight excluding hydrogens is 497 g/mol. The summed E-state index contributed by atoms with van der Waals surface area (Å²) in [4.78, 5) is 34.7. The van der Waals surface area contributed by atoms with E-state index in [-0.39, 0.29) is 17.8 Å². The van der Waals surface area contributed by atoms with E-state index in [4.69, 9.17) is 5.73 Å². The van der Waals surface area contributed by atoms with Crippen molar-refractivity contribution in [2.24, 2.45) is 11.7 Å². The molecule has 4 aromatic rings. The lowest BCUT2D eigenvalue weighted by Gasteiger charge is -2.35. The van der Waals surface area contributed by atoms with Crippen LogP contribution in [-0.2, 0) is 17.9 Å². The molecule has 3 amide bonds. The molecule has 0 bridgehead atoms. The number of aromatic nitrogens is 3. The van der Waals surface area contributed by atoms with Gasteiger partial charge < -0.3 is 25.4 Å². The molecule has 3 aliphatic heterocycles. The molecule has 0 atom stereocenters. The maximum atomic E-state index is 15.1. The van der Waals surface area contributed by atoms with Crippen LogP contribution >= 0.6 is 0 Å². The lowest BCUT2D eigenvalue weighted by Crippen LogP contribution is -2.47. The minimum absolute atomic E-state index is 0.00273. The van der Waals surface area contributed by atoms with E-state index in [0.717, 1.165) is 46.1 Å². The number of rotatable bonds is 3. The average molecular weight is 528 g/mol. The zero-order chi connectivity index (χ0) is 26.7. The fourth-order valence-electron chi connectivity index (χ4n) is 6.36. The number of hydrogen-bond acceptors (Lipinski definition) is 4. The summed E-state index contributed by atoms with van der Waals surface area (Å²) in [6, 6.07) is 8.77. The number of fused-ring (bicyclic) bond motifs is 1. The topological polar surface area (TPSA) is 101 Å². The molecule has 200 valence electrons. The molecule has 7 rings (SSSR count). The maximum Gasteiger partial charge on any atom is 0.320 e. The van der Waals surface area contributed by atoms with E-state index in [1.807, 2.05) is 44.8 Å². The highest BCUT2D eigenvalue weighted by atomic mass is 19.1. The van der Waals surface area contributed by atoms with Crippen molar-refractivity contribution in [1.29, 1.82) is 0 Å². The van der Waals surface area contributed by atoms with E-state index in [1.165, 1.54) is 6.07 Å². The number of likely N-dealkylation sites (tertiary alicyclic amines) is 1. The molecule has 1 fully saturated rings. The molecule has 0 saturated carbocycles. The average Bonchev–Trinajstić information content (AvgIpc) is 3.61. The number of hydrogen-bond donors (Lipinski definition) is 2. The normalized spacial score (nSPS) is 18.4. The number of benzene rings is 1. The monoisotopic (exact) mass is 527 g/mol. The Morgan fingerprint density at radius 3 is 2.79 bits per heavy atom. The first-order valence-electron chi connectivity index (χ1n) is 13.5. The third-order valence-electron chi connectivity index (χ3n) is 8.43. The number of imidazole rings is 1. The van der Waals surface area contributed by atoms with Gasteiger partial charge in [-0.25, -0.2) is 14.2 Å². The second-order valence-corrected chi connectivity index (χ2v) is 10.7. The second-order valence-electron chi connectivity index (χ2n) is 10.7. The lowest BCUT2D eigenvalue weighted by molar-refractivity contribution is -0.114. The number of amides is 3. The summed E-state index contributed by atoms with van der Waals surface area (Å²) < 4.78 is 19.1. The first kappa shape index (κ1) is 23.9.